The number of nitrogens with one attached hydrogen (secondary N) is 1. The SMILES string of the molecule is COc1cc(/C=N/Nc2ccc([N+](=O)[O-])cc2)cc(Br)c1OCc1ccc(Cl)cc1. The minimum absolute atomic E-state index is 0.0207. The normalized spacial score (nSPS) is 10.8. The highest BCUT2D eigenvalue weighted by Crippen LogP contribution is 2.37. The van der Waals surface area contributed by atoms with Crippen molar-refractivity contribution in [2.24, 2.45) is 5.10 Å². The topological polar surface area (TPSA) is 86.0 Å². The predicted molar refractivity (Wildman–Crippen MR) is 121 cm³/mol. The molecule has 0 aliphatic heterocycles. The van der Waals surface area contributed by atoms with E-state index in [1.165, 1.54) is 12.1 Å². The van der Waals surface area contributed by atoms with Gasteiger partial charge in [-0.15, -0.1) is 0 Å². The zero-order valence-electron chi connectivity index (χ0n) is 15.8. The number of hydrogen-bond acceptors (Lipinski definition) is 6. The molecule has 30 heavy (non-hydrogen) atoms. The van der Waals surface area contributed by atoms with Gasteiger partial charge in [-0.25, -0.2) is 0 Å². The van der Waals surface area contributed by atoms with Crippen LogP contribution in [0.2, 0.25) is 5.02 Å². The molecule has 9 heteroatoms. The van der Waals surface area contributed by atoms with Gasteiger partial charge in [-0.3, -0.25) is 15.5 Å². The number of methoxy groups -OCH3 is 1. The van der Waals surface area contributed by atoms with Crippen molar-refractivity contribution < 1.29 is 14.4 Å². The monoisotopic (exact) mass is 489 g/mol. The third kappa shape index (κ3) is 5.71. The van der Waals surface area contributed by atoms with Crippen LogP contribution in [0.3, 0.4) is 0 Å². The fourth-order valence-electron chi connectivity index (χ4n) is 2.53. The number of nitro groups is 1. The van der Waals surface area contributed by atoms with Gasteiger partial charge in [0, 0.05) is 17.2 Å². The molecule has 0 saturated carbocycles. The van der Waals surface area contributed by atoms with Gasteiger partial charge >= 0.3 is 0 Å². The minimum Gasteiger partial charge on any atom is -0.493 e. The number of nitrogens with zero attached hydrogens (tertiary/aromatic N) is 2. The van der Waals surface area contributed by atoms with E-state index in [9.17, 15) is 10.1 Å². The summed E-state index contributed by atoms with van der Waals surface area (Å²) in [5.41, 5.74) is 5.23. The summed E-state index contributed by atoms with van der Waals surface area (Å²) >= 11 is 9.42. The molecule has 0 fully saturated rings. The van der Waals surface area contributed by atoms with E-state index in [4.69, 9.17) is 21.1 Å². The molecule has 0 radical (unpaired) electrons. The summed E-state index contributed by atoms with van der Waals surface area (Å²) in [6.45, 7) is 0.362. The molecule has 0 saturated heterocycles. The van der Waals surface area contributed by atoms with Crippen molar-refractivity contribution in [3.8, 4) is 11.5 Å². The first-order valence-electron chi connectivity index (χ1n) is 8.74. The van der Waals surface area contributed by atoms with Crippen LogP contribution in [0, 0.1) is 10.1 Å². The largest absolute Gasteiger partial charge is 0.493 e. The Bertz CT molecular complexity index is 1060. The Morgan fingerprint density at radius 2 is 1.87 bits per heavy atom. The zero-order valence-corrected chi connectivity index (χ0v) is 18.2. The standard InChI is InChI=1S/C21H17BrClN3O4/c1-29-20-11-15(12-24-25-17-6-8-18(9-7-17)26(27)28)10-19(22)21(20)30-13-14-2-4-16(23)5-3-14/h2-12,25H,13H2,1H3/b24-12+. The molecule has 7 nitrogen and oxygen atoms in total. The first-order valence-corrected chi connectivity index (χ1v) is 9.91. The van der Waals surface area contributed by atoms with Crippen LogP contribution in [0.4, 0.5) is 11.4 Å². The van der Waals surface area contributed by atoms with E-state index < -0.39 is 4.92 Å². The van der Waals surface area contributed by atoms with Crippen LogP contribution in [0.5, 0.6) is 11.5 Å². The van der Waals surface area contributed by atoms with Gasteiger partial charge < -0.3 is 9.47 Å². The molecule has 0 aliphatic carbocycles. The van der Waals surface area contributed by atoms with Gasteiger partial charge in [0.15, 0.2) is 11.5 Å². The average molecular weight is 491 g/mol. The van der Waals surface area contributed by atoms with Crippen molar-refractivity contribution in [3.05, 3.63) is 91.4 Å². The van der Waals surface area contributed by atoms with Crippen molar-refractivity contribution >= 4 is 45.1 Å². The van der Waals surface area contributed by atoms with Gasteiger partial charge in [-0.2, -0.15) is 5.10 Å². The molecule has 0 bridgehead atoms. The van der Waals surface area contributed by atoms with Gasteiger partial charge in [-0.05, 0) is 63.5 Å². The number of halogens is 2. The molecule has 0 heterocycles. The lowest BCUT2D eigenvalue weighted by Crippen LogP contribution is -2.00. The predicted octanol–water partition coefficient (Wildman–Crippen LogP) is 6.04. The van der Waals surface area contributed by atoms with Crippen molar-refractivity contribution in [2.45, 2.75) is 6.61 Å². The highest BCUT2D eigenvalue weighted by atomic mass is 79.9. The second-order valence-electron chi connectivity index (χ2n) is 6.12. The third-order valence-corrected chi connectivity index (χ3v) is 4.87. The van der Waals surface area contributed by atoms with E-state index in [0.717, 1.165) is 11.1 Å². The van der Waals surface area contributed by atoms with Crippen molar-refractivity contribution in [3.63, 3.8) is 0 Å². The lowest BCUT2D eigenvalue weighted by molar-refractivity contribution is -0.384. The number of hydrogen-bond donors (Lipinski definition) is 1. The van der Waals surface area contributed by atoms with Crippen LogP contribution in [0.15, 0.2) is 70.2 Å². The fourth-order valence-corrected chi connectivity index (χ4v) is 3.23. The quantitative estimate of drug-likeness (QED) is 0.236. The Kier molecular flexibility index (Phi) is 7.26. The van der Waals surface area contributed by atoms with Gasteiger partial charge in [0.1, 0.15) is 6.61 Å². The summed E-state index contributed by atoms with van der Waals surface area (Å²) in [4.78, 5) is 10.2. The van der Waals surface area contributed by atoms with E-state index in [1.54, 1.807) is 31.5 Å². The first kappa shape index (κ1) is 21.6. The average Bonchev–Trinajstić information content (AvgIpc) is 2.74. The molecule has 0 spiro atoms. The summed E-state index contributed by atoms with van der Waals surface area (Å²) in [6, 6.07) is 17.0. The van der Waals surface area contributed by atoms with Crippen LogP contribution >= 0.6 is 27.5 Å². The number of nitro benzene ring substituents is 1. The fraction of sp³-hybridized carbons (Fsp3) is 0.0952. The number of ether oxygens (including phenoxy) is 2. The second-order valence-corrected chi connectivity index (χ2v) is 7.41. The van der Waals surface area contributed by atoms with Crippen molar-refractivity contribution in [1.29, 1.82) is 0 Å². The molecule has 0 unspecified atom stereocenters. The summed E-state index contributed by atoms with van der Waals surface area (Å²) in [5, 5.41) is 15.5. The van der Waals surface area contributed by atoms with E-state index in [2.05, 4.69) is 26.5 Å². The Labute approximate surface area is 186 Å². The van der Waals surface area contributed by atoms with E-state index >= 15 is 0 Å². The number of anilines is 1. The molecular weight excluding hydrogens is 474 g/mol. The lowest BCUT2D eigenvalue weighted by atomic mass is 10.2. The molecule has 0 amide bonds. The minimum atomic E-state index is -0.451. The highest BCUT2D eigenvalue weighted by molar-refractivity contribution is 9.10. The van der Waals surface area contributed by atoms with Crippen LogP contribution < -0.4 is 14.9 Å². The molecule has 0 aliphatic rings. The smallest absolute Gasteiger partial charge is 0.269 e. The zero-order chi connectivity index (χ0) is 21.5. The van der Waals surface area contributed by atoms with Crippen LogP contribution in [0.1, 0.15) is 11.1 Å². The maximum atomic E-state index is 10.7. The van der Waals surface area contributed by atoms with Crippen LogP contribution in [0.25, 0.3) is 0 Å². The Morgan fingerprint density at radius 1 is 1.17 bits per heavy atom. The summed E-state index contributed by atoms with van der Waals surface area (Å²) < 4.78 is 12.1. The maximum Gasteiger partial charge on any atom is 0.269 e. The van der Waals surface area contributed by atoms with Gasteiger partial charge in [-0.1, -0.05) is 23.7 Å². The van der Waals surface area contributed by atoms with E-state index in [-0.39, 0.29) is 5.69 Å². The molecule has 3 aromatic carbocycles. The number of hydrazone groups is 1. The number of rotatable bonds is 8. The molecular formula is C21H17BrClN3O4. The van der Waals surface area contributed by atoms with Crippen molar-refractivity contribution in [2.75, 3.05) is 12.5 Å². The van der Waals surface area contributed by atoms with Gasteiger partial charge in [0.2, 0.25) is 0 Å². The second kappa shape index (κ2) is 10.1. The maximum absolute atomic E-state index is 10.7. The van der Waals surface area contributed by atoms with Gasteiger partial charge in [0.25, 0.3) is 5.69 Å². The summed E-state index contributed by atoms with van der Waals surface area (Å²) in [6.07, 6.45) is 1.61. The molecule has 3 rings (SSSR count). The van der Waals surface area contributed by atoms with Crippen LogP contribution in [-0.4, -0.2) is 18.2 Å². The van der Waals surface area contributed by atoms with Crippen molar-refractivity contribution in [1.82, 2.24) is 0 Å². The summed E-state index contributed by atoms with van der Waals surface area (Å²) in [7, 11) is 1.56. The summed E-state index contributed by atoms with van der Waals surface area (Å²) in [5.74, 6) is 1.13. The molecule has 3 aromatic rings. The first-order chi connectivity index (χ1) is 14.5. The lowest BCUT2D eigenvalue weighted by Gasteiger charge is -2.13. The van der Waals surface area contributed by atoms with E-state index in [1.807, 2.05) is 30.3 Å². The Morgan fingerprint density at radius 3 is 2.50 bits per heavy atom. The molecule has 0 atom stereocenters. The van der Waals surface area contributed by atoms with E-state index in [0.29, 0.717) is 33.3 Å². The third-order valence-electron chi connectivity index (χ3n) is 4.03. The molecule has 0 aromatic heterocycles. The Hall–Kier alpha value is -3.10. The number of benzene rings is 3. The highest BCUT2D eigenvalue weighted by Gasteiger charge is 2.12. The number of non-ortho nitro benzene ring substituents is 1. The van der Waals surface area contributed by atoms with Gasteiger partial charge in [0.05, 0.1) is 28.4 Å². The van der Waals surface area contributed by atoms with Crippen LogP contribution in [-0.2, 0) is 6.61 Å². The molecule has 1 N–H and O–H groups in total. The Balaban J connectivity index is 1.68. The molecule has 154 valence electrons.